The average Bonchev–Trinajstić information content (AvgIpc) is 3.63. The Morgan fingerprint density at radius 2 is 1.75 bits per heavy atom. The zero-order chi connectivity index (χ0) is 27.3. The maximum absolute atomic E-state index is 12.5. The zero-order valence-electron chi connectivity index (χ0n) is 23.7. The summed E-state index contributed by atoms with van der Waals surface area (Å²) in [5.74, 6) is 1.33. The molecule has 0 spiro atoms. The predicted molar refractivity (Wildman–Crippen MR) is 156 cm³/mol. The van der Waals surface area contributed by atoms with Gasteiger partial charge in [0.25, 0.3) is 0 Å². The molecule has 40 heavy (non-hydrogen) atoms. The molecule has 214 valence electrons. The normalized spacial score (nSPS) is 24.5. The van der Waals surface area contributed by atoms with Crippen molar-refractivity contribution in [2.45, 2.75) is 76.2 Å². The van der Waals surface area contributed by atoms with Crippen LogP contribution in [0, 0.1) is 17.8 Å². The SMILES string of the molecule is O=C(O)C(C1CCCCC1)N1CC(CN2CCC(CCCc3cccc4nonc34)CC2)C(c2ccccc2)C1. The molecular weight excluding hydrogens is 500 g/mol. The largest absolute Gasteiger partial charge is 0.480 e. The molecule has 1 N–H and O–H groups in total. The number of hydrogen-bond acceptors (Lipinski definition) is 6. The van der Waals surface area contributed by atoms with Crippen molar-refractivity contribution < 1.29 is 14.5 Å². The first-order valence-corrected chi connectivity index (χ1v) is 15.6. The molecule has 1 aliphatic carbocycles. The van der Waals surface area contributed by atoms with Crippen molar-refractivity contribution in [3.05, 3.63) is 59.7 Å². The molecule has 6 rings (SSSR count). The van der Waals surface area contributed by atoms with Crippen molar-refractivity contribution in [2.24, 2.45) is 17.8 Å². The molecule has 3 aromatic rings. The van der Waals surface area contributed by atoms with Crippen LogP contribution in [0.2, 0.25) is 0 Å². The first-order chi connectivity index (χ1) is 19.7. The molecule has 3 aliphatic rings. The van der Waals surface area contributed by atoms with Crippen LogP contribution in [0.5, 0.6) is 0 Å². The molecule has 7 heteroatoms. The Labute approximate surface area is 237 Å². The Bertz CT molecular complexity index is 1230. The van der Waals surface area contributed by atoms with Gasteiger partial charge in [-0.05, 0) is 96.9 Å². The van der Waals surface area contributed by atoms with E-state index >= 15 is 0 Å². The van der Waals surface area contributed by atoms with Gasteiger partial charge in [0.2, 0.25) is 0 Å². The van der Waals surface area contributed by atoms with Gasteiger partial charge in [0.15, 0.2) is 0 Å². The highest BCUT2D eigenvalue weighted by Crippen LogP contribution is 2.39. The minimum Gasteiger partial charge on any atom is -0.480 e. The minimum absolute atomic E-state index is 0.296. The molecule has 3 fully saturated rings. The first-order valence-electron chi connectivity index (χ1n) is 15.6. The second kappa shape index (κ2) is 12.8. The number of rotatable bonds is 10. The summed E-state index contributed by atoms with van der Waals surface area (Å²) in [7, 11) is 0. The Morgan fingerprint density at radius 1 is 0.950 bits per heavy atom. The van der Waals surface area contributed by atoms with Crippen LogP contribution in [0.25, 0.3) is 11.0 Å². The van der Waals surface area contributed by atoms with Crippen molar-refractivity contribution >= 4 is 17.0 Å². The number of benzene rings is 2. The fourth-order valence-electron chi connectivity index (χ4n) is 7.93. The lowest BCUT2D eigenvalue weighted by molar-refractivity contribution is -0.145. The molecule has 7 nitrogen and oxygen atoms in total. The summed E-state index contributed by atoms with van der Waals surface area (Å²) >= 11 is 0. The van der Waals surface area contributed by atoms with E-state index in [-0.39, 0.29) is 6.04 Å². The topological polar surface area (TPSA) is 82.7 Å². The molecule has 3 heterocycles. The predicted octanol–water partition coefficient (Wildman–Crippen LogP) is 6.01. The van der Waals surface area contributed by atoms with Crippen molar-refractivity contribution in [3.8, 4) is 0 Å². The molecule has 2 aromatic carbocycles. The van der Waals surface area contributed by atoms with Crippen LogP contribution >= 0.6 is 0 Å². The summed E-state index contributed by atoms with van der Waals surface area (Å²) in [4.78, 5) is 17.5. The Balaban J connectivity index is 1.04. The molecule has 0 bridgehead atoms. The Kier molecular flexibility index (Phi) is 8.78. The number of aromatic nitrogens is 2. The Morgan fingerprint density at radius 3 is 2.52 bits per heavy atom. The third kappa shape index (κ3) is 6.26. The second-order valence-corrected chi connectivity index (χ2v) is 12.6. The van der Waals surface area contributed by atoms with Gasteiger partial charge in [0.1, 0.15) is 17.1 Å². The van der Waals surface area contributed by atoms with Crippen LogP contribution in [0.3, 0.4) is 0 Å². The molecule has 2 saturated heterocycles. The highest BCUT2D eigenvalue weighted by molar-refractivity contribution is 5.76. The van der Waals surface area contributed by atoms with E-state index in [1.807, 2.05) is 12.1 Å². The van der Waals surface area contributed by atoms with Crippen LogP contribution < -0.4 is 0 Å². The van der Waals surface area contributed by atoms with Crippen LogP contribution in [-0.4, -0.2) is 70.0 Å². The lowest BCUT2D eigenvalue weighted by atomic mass is 9.83. The van der Waals surface area contributed by atoms with Gasteiger partial charge in [-0.25, -0.2) is 4.63 Å². The molecule has 1 saturated carbocycles. The molecule has 3 unspecified atom stereocenters. The van der Waals surface area contributed by atoms with Gasteiger partial charge in [0.05, 0.1) is 0 Å². The maximum atomic E-state index is 12.5. The van der Waals surface area contributed by atoms with Crippen molar-refractivity contribution in [3.63, 3.8) is 0 Å². The van der Waals surface area contributed by atoms with Crippen LogP contribution in [0.15, 0.2) is 53.2 Å². The molecule has 1 aromatic heterocycles. The zero-order valence-corrected chi connectivity index (χ0v) is 23.7. The number of aryl methyl sites for hydroxylation is 1. The maximum Gasteiger partial charge on any atom is 0.321 e. The lowest BCUT2D eigenvalue weighted by Gasteiger charge is -2.35. The Hall–Kier alpha value is -2.77. The standard InChI is InChI=1S/C33H44N4O3/c38-33(39)32(27-12-5-2-6-13-27)37-22-28(29(23-37)25-10-3-1-4-11-25)21-36-19-17-24(18-20-36)9-7-14-26-15-8-16-30-31(26)35-40-34-30/h1,3-4,8,10-11,15-16,24,27-29,32H,2,5-7,9,12-14,17-23H2,(H,38,39). The summed E-state index contributed by atoms with van der Waals surface area (Å²) in [6.45, 7) is 5.13. The van der Waals surface area contributed by atoms with E-state index in [4.69, 9.17) is 4.63 Å². The lowest BCUT2D eigenvalue weighted by Crippen LogP contribution is -2.46. The number of piperidine rings is 1. The van der Waals surface area contributed by atoms with E-state index < -0.39 is 5.97 Å². The number of fused-ring (bicyclic) bond motifs is 1. The van der Waals surface area contributed by atoms with E-state index in [9.17, 15) is 9.90 Å². The molecule has 3 atom stereocenters. The summed E-state index contributed by atoms with van der Waals surface area (Å²) in [5.41, 5.74) is 4.36. The number of hydrogen-bond donors (Lipinski definition) is 1. The molecule has 0 amide bonds. The monoisotopic (exact) mass is 544 g/mol. The molecular formula is C33H44N4O3. The third-order valence-corrected chi connectivity index (χ3v) is 10.1. The summed E-state index contributed by atoms with van der Waals surface area (Å²) in [6, 6.07) is 16.7. The van der Waals surface area contributed by atoms with Crippen LogP contribution in [-0.2, 0) is 11.2 Å². The van der Waals surface area contributed by atoms with Crippen LogP contribution in [0.4, 0.5) is 0 Å². The van der Waals surface area contributed by atoms with E-state index in [2.05, 4.69) is 56.5 Å². The van der Waals surface area contributed by atoms with Gasteiger partial charge in [-0.1, -0.05) is 68.1 Å². The average molecular weight is 545 g/mol. The van der Waals surface area contributed by atoms with Crippen molar-refractivity contribution in [1.29, 1.82) is 0 Å². The van der Waals surface area contributed by atoms with E-state index in [0.29, 0.717) is 17.8 Å². The van der Waals surface area contributed by atoms with Crippen LogP contribution in [0.1, 0.15) is 74.8 Å². The van der Waals surface area contributed by atoms with Gasteiger partial charge in [0, 0.05) is 25.6 Å². The van der Waals surface area contributed by atoms with Gasteiger partial charge in [-0.3, -0.25) is 9.69 Å². The molecule has 0 radical (unpaired) electrons. The first kappa shape index (κ1) is 27.4. The number of likely N-dealkylation sites (tertiary alicyclic amines) is 2. The van der Waals surface area contributed by atoms with Crippen molar-refractivity contribution in [1.82, 2.24) is 20.1 Å². The number of nitrogens with zero attached hydrogens (tertiary/aromatic N) is 4. The van der Waals surface area contributed by atoms with Crippen molar-refractivity contribution in [2.75, 3.05) is 32.7 Å². The summed E-state index contributed by atoms with van der Waals surface area (Å²) in [5, 5.41) is 18.4. The number of carboxylic acids is 1. The van der Waals surface area contributed by atoms with Gasteiger partial charge in [-0.2, -0.15) is 0 Å². The third-order valence-electron chi connectivity index (χ3n) is 10.1. The van der Waals surface area contributed by atoms with E-state index in [0.717, 1.165) is 68.9 Å². The van der Waals surface area contributed by atoms with Gasteiger partial charge in [-0.15, -0.1) is 0 Å². The van der Waals surface area contributed by atoms with E-state index in [1.165, 1.54) is 56.1 Å². The minimum atomic E-state index is -0.615. The number of carboxylic acid groups (broad SMARTS) is 1. The van der Waals surface area contributed by atoms with Gasteiger partial charge < -0.3 is 10.0 Å². The number of carbonyl (C=O) groups is 1. The highest BCUT2D eigenvalue weighted by Gasteiger charge is 2.43. The van der Waals surface area contributed by atoms with Gasteiger partial charge >= 0.3 is 5.97 Å². The quantitative estimate of drug-likeness (QED) is 0.335. The van der Waals surface area contributed by atoms with E-state index in [1.54, 1.807) is 0 Å². The fraction of sp³-hybridized carbons (Fsp3) is 0.606. The molecule has 2 aliphatic heterocycles. The fourth-order valence-corrected chi connectivity index (χ4v) is 7.93. The summed E-state index contributed by atoms with van der Waals surface area (Å²) < 4.78 is 4.93. The smallest absolute Gasteiger partial charge is 0.321 e. The number of aliphatic carboxylic acids is 1. The second-order valence-electron chi connectivity index (χ2n) is 12.6. The highest BCUT2D eigenvalue weighted by atomic mass is 16.6. The summed E-state index contributed by atoms with van der Waals surface area (Å²) in [6.07, 6.45) is 11.7.